The first-order chi connectivity index (χ1) is 13.1. The van der Waals surface area contributed by atoms with Gasteiger partial charge >= 0.3 is 0 Å². The second-order valence-corrected chi connectivity index (χ2v) is 6.11. The molecule has 0 radical (unpaired) electrons. The summed E-state index contributed by atoms with van der Waals surface area (Å²) in [6, 6.07) is 11.0. The van der Waals surface area contributed by atoms with Gasteiger partial charge in [0, 0.05) is 44.8 Å². The Bertz CT molecular complexity index is 940. The van der Waals surface area contributed by atoms with Crippen molar-refractivity contribution >= 4 is 11.8 Å². The van der Waals surface area contributed by atoms with Crippen molar-refractivity contribution in [1.82, 2.24) is 25.2 Å². The molecule has 136 valence electrons. The number of rotatable bonds is 5. The summed E-state index contributed by atoms with van der Waals surface area (Å²) in [5.74, 6) is -0.333. The molecule has 0 saturated carbocycles. The van der Waals surface area contributed by atoms with Gasteiger partial charge in [0.1, 0.15) is 6.33 Å². The van der Waals surface area contributed by atoms with Crippen LogP contribution in [0.4, 0.5) is 0 Å². The molecule has 0 aliphatic heterocycles. The molecule has 0 atom stereocenters. The fraction of sp³-hybridized carbons (Fsp3) is 0.150. The van der Waals surface area contributed by atoms with Crippen LogP contribution in [0.3, 0.4) is 0 Å². The van der Waals surface area contributed by atoms with Crippen molar-refractivity contribution in [2.24, 2.45) is 0 Å². The summed E-state index contributed by atoms with van der Waals surface area (Å²) < 4.78 is 0. The number of nitrogens with one attached hydrogen (secondary N) is 1. The molecule has 0 spiro atoms. The number of amides is 2. The van der Waals surface area contributed by atoms with Gasteiger partial charge in [-0.3, -0.25) is 14.6 Å². The van der Waals surface area contributed by atoms with E-state index in [0.29, 0.717) is 23.4 Å². The Morgan fingerprint density at radius 2 is 1.81 bits per heavy atom. The maximum absolute atomic E-state index is 12.3. The Kier molecular flexibility index (Phi) is 5.51. The van der Waals surface area contributed by atoms with Gasteiger partial charge < -0.3 is 10.2 Å². The van der Waals surface area contributed by atoms with Crippen molar-refractivity contribution in [3.8, 4) is 11.3 Å². The smallest absolute Gasteiger partial charge is 0.257 e. The van der Waals surface area contributed by atoms with E-state index in [9.17, 15) is 9.59 Å². The number of pyridine rings is 1. The predicted molar refractivity (Wildman–Crippen MR) is 101 cm³/mol. The Balaban J connectivity index is 1.73. The largest absolute Gasteiger partial charge is 0.348 e. The number of benzene rings is 1. The van der Waals surface area contributed by atoms with E-state index in [2.05, 4.69) is 20.3 Å². The van der Waals surface area contributed by atoms with Gasteiger partial charge in [-0.25, -0.2) is 9.97 Å². The summed E-state index contributed by atoms with van der Waals surface area (Å²) >= 11 is 0. The average Bonchev–Trinajstić information content (AvgIpc) is 2.72. The molecule has 27 heavy (non-hydrogen) atoms. The lowest BCUT2D eigenvalue weighted by Crippen LogP contribution is -2.23. The summed E-state index contributed by atoms with van der Waals surface area (Å²) in [5, 5.41) is 2.85. The molecule has 0 aliphatic carbocycles. The van der Waals surface area contributed by atoms with Crippen LogP contribution >= 0.6 is 0 Å². The summed E-state index contributed by atoms with van der Waals surface area (Å²) in [6.07, 6.45) is 6.09. The second-order valence-electron chi connectivity index (χ2n) is 6.11. The molecule has 0 aliphatic rings. The van der Waals surface area contributed by atoms with E-state index in [1.165, 1.54) is 23.6 Å². The van der Waals surface area contributed by atoms with E-state index in [1.807, 2.05) is 24.3 Å². The zero-order valence-corrected chi connectivity index (χ0v) is 15.1. The van der Waals surface area contributed by atoms with Crippen molar-refractivity contribution in [1.29, 1.82) is 0 Å². The lowest BCUT2D eigenvalue weighted by Gasteiger charge is -2.13. The van der Waals surface area contributed by atoms with E-state index in [4.69, 9.17) is 0 Å². The van der Waals surface area contributed by atoms with Crippen LogP contribution in [-0.4, -0.2) is 45.8 Å². The third-order valence-electron chi connectivity index (χ3n) is 3.95. The number of nitrogens with zero attached hydrogens (tertiary/aromatic N) is 4. The minimum atomic E-state index is -0.179. The standard InChI is InChI=1S/C20H19N5O2/c1-25(2)20(27)17-12-22-13-24-18(17)15-7-5-14(6-8-15)10-23-19(26)16-4-3-9-21-11-16/h3-9,11-13H,10H2,1-2H3,(H,23,26). The maximum atomic E-state index is 12.3. The first-order valence-corrected chi connectivity index (χ1v) is 8.35. The third kappa shape index (κ3) is 4.33. The van der Waals surface area contributed by atoms with E-state index in [0.717, 1.165) is 11.1 Å². The van der Waals surface area contributed by atoms with Crippen LogP contribution in [0.15, 0.2) is 61.3 Å². The number of hydrogen-bond acceptors (Lipinski definition) is 5. The quantitative estimate of drug-likeness (QED) is 0.752. The topological polar surface area (TPSA) is 88.1 Å². The predicted octanol–water partition coefficient (Wildman–Crippen LogP) is 2.17. The molecule has 7 heteroatoms. The van der Waals surface area contributed by atoms with Gasteiger partial charge in [0.2, 0.25) is 0 Å². The fourth-order valence-corrected chi connectivity index (χ4v) is 2.52. The molecule has 1 N–H and O–H groups in total. The van der Waals surface area contributed by atoms with E-state index in [-0.39, 0.29) is 11.8 Å². The van der Waals surface area contributed by atoms with Gasteiger partial charge in [0.05, 0.1) is 16.8 Å². The Morgan fingerprint density at radius 3 is 2.48 bits per heavy atom. The minimum Gasteiger partial charge on any atom is -0.348 e. The monoisotopic (exact) mass is 361 g/mol. The molecular weight excluding hydrogens is 342 g/mol. The van der Waals surface area contributed by atoms with Crippen LogP contribution in [-0.2, 0) is 6.54 Å². The van der Waals surface area contributed by atoms with Gasteiger partial charge in [-0.1, -0.05) is 24.3 Å². The number of carbonyl (C=O) groups excluding carboxylic acids is 2. The fourth-order valence-electron chi connectivity index (χ4n) is 2.52. The Hall–Kier alpha value is -3.61. The maximum Gasteiger partial charge on any atom is 0.257 e. The molecule has 0 fully saturated rings. The van der Waals surface area contributed by atoms with Crippen LogP contribution in [0, 0.1) is 0 Å². The summed E-state index contributed by atoms with van der Waals surface area (Å²) in [6.45, 7) is 0.390. The molecular formula is C20H19N5O2. The average molecular weight is 361 g/mol. The molecule has 2 aromatic heterocycles. The Labute approximate surface area is 157 Å². The highest BCUT2D eigenvalue weighted by molar-refractivity contribution is 5.99. The molecule has 7 nitrogen and oxygen atoms in total. The van der Waals surface area contributed by atoms with Gasteiger partial charge in [-0.15, -0.1) is 0 Å². The molecule has 2 amide bonds. The van der Waals surface area contributed by atoms with Crippen molar-refractivity contribution in [3.05, 3.63) is 78.0 Å². The van der Waals surface area contributed by atoms with E-state index < -0.39 is 0 Å². The molecule has 2 heterocycles. The van der Waals surface area contributed by atoms with Gasteiger partial charge in [0.15, 0.2) is 0 Å². The molecule has 3 aromatic rings. The van der Waals surface area contributed by atoms with Crippen LogP contribution in [0.5, 0.6) is 0 Å². The summed E-state index contributed by atoms with van der Waals surface area (Å²) in [5.41, 5.74) is 3.28. The van der Waals surface area contributed by atoms with Crippen molar-refractivity contribution in [2.45, 2.75) is 6.54 Å². The summed E-state index contributed by atoms with van der Waals surface area (Å²) in [7, 11) is 3.38. The SMILES string of the molecule is CN(C)C(=O)c1cncnc1-c1ccc(CNC(=O)c2cccnc2)cc1. The summed E-state index contributed by atoms with van der Waals surface area (Å²) in [4.78, 5) is 38.0. The second kappa shape index (κ2) is 8.18. The third-order valence-corrected chi connectivity index (χ3v) is 3.95. The highest BCUT2D eigenvalue weighted by Gasteiger charge is 2.16. The van der Waals surface area contributed by atoms with Crippen molar-refractivity contribution < 1.29 is 9.59 Å². The highest BCUT2D eigenvalue weighted by atomic mass is 16.2. The van der Waals surface area contributed by atoms with E-state index >= 15 is 0 Å². The van der Waals surface area contributed by atoms with Gasteiger partial charge in [0.25, 0.3) is 11.8 Å². The molecule has 0 bridgehead atoms. The molecule has 1 aromatic carbocycles. The first-order valence-electron chi connectivity index (χ1n) is 8.35. The lowest BCUT2D eigenvalue weighted by molar-refractivity contribution is 0.0827. The minimum absolute atomic E-state index is 0.154. The molecule has 0 saturated heterocycles. The van der Waals surface area contributed by atoms with Crippen LogP contribution in [0.2, 0.25) is 0 Å². The molecule has 3 rings (SSSR count). The lowest BCUT2D eigenvalue weighted by atomic mass is 10.0. The van der Waals surface area contributed by atoms with Crippen LogP contribution in [0.1, 0.15) is 26.3 Å². The van der Waals surface area contributed by atoms with Crippen LogP contribution < -0.4 is 5.32 Å². The molecule has 0 unspecified atom stereocenters. The first kappa shape index (κ1) is 18.2. The van der Waals surface area contributed by atoms with Gasteiger partial charge in [-0.05, 0) is 17.7 Å². The van der Waals surface area contributed by atoms with Gasteiger partial charge in [-0.2, -0.15) is 0 Å². The van der Waals surface area contributed by atoms with E-state index in [1.54, 1.807) is 32.4 Å². The number of carbonyl (C=O) groups is 2. The Morgan fingerprint density at radius 1 is 1.04 bits per heavy atom. The number of hydrogen-bond donors (Lipinski definition) is 1. The van der Waals surface area contributed by atoms with Crippen LogP contribution in [0.25, 0.3) is 11.3 Å². The zero-order valence-electron chi connectivity index (χ0n) is 15.1. The normalized spacial score (nSPS) is 10.3. The highest BCUT2D eigenvalue weighted by Crippen LogP contribution is 2.22. The number of aromatic nitrogens is 3. The zero-order chi connectivity index (χ0) is 19.2. The van der Waals surface area contributed by atoms with Crippen molar-refractivity contribution in [2.75, 3.05) is 14.1 Å². The van der Waals surface area contributed by atoms with Crippen molar-refractivity contribution in [3.63, 3.8) is 0 Å².